The number of aryl methyl sites for hydroxylation is 1. The first-order chi connectivity index (χ1) is 21.8. The topological polar surface area (TPSA) is 211 Å². The number of carboxylic acid groups (broad SMARTS) is 1. The Morgan fingerprint density at radius 1 is 0.783 bits per heavy atom. The Bertz CT molecular complexity index is 1660. The van der Waals surface area contributed by atoms with Crippen LogP contribution in [0.4, 0.5) is 0 Å². The fourth-order valence-electron chi connectivity index (χ4n) is 5.33. The maximum Gasteiger partial charge on any atom is 0.336 e. The van der Waals surface area contributed by atoms with E-state index in [9.17, 15) is 50.1 Å². The van der Waals surface area contributed by atoms with Crippen LogP contribution in [0.25, 0.3) is 12.2 Å². The van der Waals surface area contributed by atoms with E-state index in [2.05, 4.69) is 0 Å². The van der Waals surface area contributed by atoms with Gasteiger partial charge in [-0.25, -0.2) is 14.4 Å². The van der Waals surface area contributed by atoms with Crippen LogP contribution in [0.2, 0.25) is 0 Å². The van der Waals surface area contributed by atoms with Crippen molar-refractivity contribution in [2.24, 2.45) is 5.92 Å². The van der Waals surface area contributed by atoms with Crippen molar-refractivity contribution < 1.29 is 59.6 Å². The molecule has 0 spiro atoms. The van der Waals surface area contributed by atoms with Gasteiger partial charge < -0.3 is 45.2 Å². The molecule has 3 aromatic rings. The standard InChI is InChI=1S/C34H34O12/c1-2-19-4-3-5-22(14-19)15-23-31(45-29(40)12-8-20-6-10-24(35)26(37)16-20)32(28(39)18-34(23,44)33(42)43)46-30(41)13-9-21-7-11-25(36)27(38)17-21/h3-14,16-17,23,28,31-32,35-39,44H,2,15,18H2,1H3,(H,42,43)/b12-8+,13-9+/t23-,28+,31+,32-,34+/m0/s1. The second kappa shape index (κ2) is 14.2. The van der Waals surface area contributed by atoms with Crippen LogP contribution >= 0.6 is 0 Å². The lowest BCUT2D eigenvalue weighted by Crippen LogP contribution is -2.65. The number of benzene rings is 3. The van der Waals surface area contributed by atoms with Crippen molar-refractivity contribution in [2.45, 2.75) is 50.1 Å². The fraction of sp³-hybridized carbons (Fsp3) is 0.265. The highest BCUT2D eigenvalue weighted by molar-refractivity contribution is 5.88. The molecule has 3 aromatic carbocycles. The number of hydrogen-bond acceptors (Lipinski definition) is 11. The third-order valence-electron chi connectivity index (χ3n) is 7.79. The number of aliphatic carboxylic acids is 1. The largest absolute Gasteiger partial charge is 0.504 e. The van der Waals surface area contributed by atoms with E-state index in [0.29, 0.717) is 23.1 Å². The summed E-state index contributed by atoms with van der Waals surface area (Å²) in [5.74, 6) is -6.73. The lowest BCUT2D eigenvalue weighted by atomic mass is 9.68. The number of aliphatic hydroxyl groups excluding tert-OH is 1. The van der Waals surface area contributed by atoms with Crippen LogP contribution in [0, 0.1) is 5.92 Å². The molecule has 242 valence electrons. The molecule has 0 aromatic heterocycles. The van der Waals surface area contributed by atoms with Crippen molar-refractivity contribution in [3.8, 4) is 23.0 Å². The molecule has 0 bridgehead atoms. The number of rotatable bonds is 10. The third-order valence-corrected chi connectivity index (χ3v) is 7.79. The summed E-state index contributed by atoms with van der Waals surface area (Å²) in [6.07, 6.45) is -0.820. The van der Waals surface area contributed by atoms with Crippen LogP contribution < -0.4 is 0 Å². The lowest BCUT2D eigenvalue weighted by Gasteiger charge is -2.46. The van der Waals surface area contributed by atoms with Crippen LogP contribution in [-0.2, 0) is 36.7 Å². The van der Waals surface area contributed by atoms with Crippen molar-refractivity contribution in [3.63, 3.8) is 0 Å². The minimum absolute atomic E-state index is 0.131. The molecule has 4 rings (SSSR count). The van der Waals surface area contributed by atoms with Gasteiger partial charge in [0.2, 0.25) is 0 Å². The normalized spacial score (nSPS) is 22.9. The van der Waals surface area contributed by atoms with E-state index in [-0.39, 0.29) is 17.9 Å². The molecule has 0 aliphatic heterocycles. The lowest BCUT2D eigenvalue weighted by molar-refractivity contribution is -0.223. The van der Waals surface area contributed by atoms with Crippen LogP contribution in [0.1, 0.15) is 35.6 Å². The summed E-state index contributed by atoms with van der Waals surface area (Å²) in [5.41, 5.74) is -0.442. The quantitative estimate of drug-likeness (QED) is 0.0975. The highest BCUT2D eigenvalue weighted by atomic mass is 16.6. The first-order valence-electron chi connectivity index (χ1n) is 14.3. The van der Waals surface area contributed by atoms with Crippen molar-refractivity contribution in [1.82, 2.24) is 0 Å². The number of carbonyl (C=O) groups is 3. The molecule has 0 saturated heterocycles. The molecule has 0 unspecified atom stereocenters. The van der Waals surface area contributed by atoms with Gasteiger partial charge in [0, 0.05) is 24.5 Å². The molecule has 12 nitrogen and oxygen atoms in total. The Labute approximate surface area is 263 Å². The minimum atomic E-state index is -2.60. The van der Waals surface area contributed by atoms with E-state index in [1.807, 2.05) is 13.0 Å². The first-order valence-corrected chi connectivity index (χ1v) is 14.3. The zero-order chi connectivity index (χ0) is 33.6. The molecule has 5 atom stereocenters. The van der Waals surface area contributed by atoms with E-state index in [1.54, 1.807) is 18.2 Å². The van der Waals surface area contributed by atoms with Gasteiger partial charge in [0.05, 0.1) is 6.10 Å². The Hall–Kier alpha value is -5.33. The predicted octanol–water partition coefficient (Wildman–Crippen LogP) is 3.06. The molecule has 1 aliphatic carbocycles. The van der Waals surface area contributed by atoms with Crippen LogP contribution in [-0.4, -0.2) is 77.6 Å². The Morgan fingerprint density at radius 3 is 1.80 bits per heavy atom. The van der Waals surface area contributed by atoms with Gasteiger partial charge in [0.25, 0.3) is 0 Å². The Balaban J connectivity index is 1.68. The third kappa shape index (κ3) is 7.84. The highest BCUT2D eigenvalue weighted by Gasteiger charge is 2.59. The van der Waals surface area contributed by atoms with Gasteiger partial charge in [-0.2, -0.15) is 0 Å². The number of ether oxygens (including phenoxy) is 2. The second-order valence-corrected chi connectivity index (χ2v) is 11.0. The highest BCUT2D eigenvalue weighted by Crippen LogP contribution is 2.40. The van der Waals surface area contributed by atoms with Crippen LogP contribution in [0.15, 0.2) is 72.8 Å². The van der Waals surface area contributed by atoms with Crippen molar-refractivity contribution >= 4 is 30.1 Å². The summed E-state index contributed by atoms with van der Waals surface area (Å²) in [4.78, 5) is 38.5. The number of carbonyl (C=O) groups excluding carboxylic acids is 2. The molecule has 0 amide bonds. The van der Waals surface area contributed by atoms with Gasteiger partial charge in [-0.05, 0) is 71.5 Å². The molecule has 1 fully saturated rings. The monoisotopic (exact) mass is 634 g/mol. The number of aromatic hydroxyl groups is 4. The van der Waals surface area contributed by atoms with Crippen LogP contribution in [0.3, 0.4) is 0 Å². The first kappa shape index (κ1) is 33.6. The summed E-state index contributed by atoms with van der Waals surface area (Å²) in [6.45, 7) is 1.93. The summed E-state index contributed by atoms with van der Waals surface area (Å²) in [6, 6.07) is 14.7. The predicted molar refractivity (Wildman–Crippen MR) is 164 cm³/mol. The minimum Gasteiger partial charge on any atom is -0.504 e. The van der Waals surface area contributed by atoms with Gasteiger partial charge in [-0.3, -0.25) is 0 Å². The Kier molecular flexibility index (Phi) is 10.3. The van der Waals surface area contributed by atoms with Gasteiger partial charge in [-0.1, -0.05) is 43.3 Å². The number of phenols is 4. The maximum atomic E-state index is 13.1. The van der Waals surface area contributed by atoms with E-state index < -0.39 is 65.7 Å². The molecule has 12 heteroatoms. The van der Waals surface area contributed by atoms with Gasteiger partial charge in [-0.15, -0.1) is 0 Å². The van der Waals surface area contributed by atoms with Crippen molar-refractivity contribution in [1.29, 1.82) is 0 Å². The van der Waals surface area contributed by atoms with Crippen molar-refractivity contribution in [2.75, 3.05) is 0 Å². The summed E-state index contributed by atoms with van der Waals surface area (Å²) >= 11 is 0. The van der Waals surface area contributed by atoms with E-state index in [0.717, 1.165) is 17.7 Å². The number of aliphatic hydroxyl groups is 2. The number of carboxylic acids is 1. The van der Waals surface area contributed by atoms with Gasteiger partial charge in [0.15, 0.2) is 34.7 Å². The maximum absolute atomic E-state index is 13.1. The summed E-state index contributed by atoms with van der Waals surface area (Å²) in [5, 5.41) is 71.1. The average molecular weight is 635 g/mol. The van der Waals surface area contributed by atoms with Gasteiger partial charge >= 0.3 is 17.9 Å². The summed E-state index contributed by atoms with van der Waals surface area (Å²) < 4.78 is 11.2. The second-order valence-electron chi connectivity index (χ2n) is 11.0. The number of phenolic OH excluding ortho intramolecular Hbond substituents is 4. The molecule has 1 aliphatic rings. The Morgan fingerprint density at radius 2 is 1.30 bits per heavy atom. The van der Waals surface area contributed by atoms with E-state index in [4.69, 9.17) is 9.47 Å². The molecule has 0 heterocycles. The number of hydrogen-bond donors (Lipinski definition) is 7. The zero-order valence-corrected chi connectivity index (χ0v) is 24.7. The smallest absolute Gasteiger partial charge is 0.336 e. The fourth-order valence-corrected chi connectivity index (χ4v) is 5.33. The molecule has 0 radical (unpaired) electrons. The SMILES string of the molecule is CCc1cccc(C[C@H]2[C@@H](OC(=O)/C=C/c3ccc(O)c(O)c3)[C@@H](OC(=O)/C=C/c3ccc(O)c(O)c3)[C@H](O)C[C@]2(O)C(=O)O)c1. The molecule has 1 saturated carbocycles. The molecule has 7 N–H and O–H groups in total. The summed E-state index contributed by atoms with van der Waals surface area (Å²) in [7, 11) is 0. The van der Waals surface area contributed by atoms with Gasteiger partial charge in [0.1, 0.15) is 6.10 Å². The number of esters is 2. The average Bonchev–Trinajstić information content (AvgIpc) is 3.02. The molecular weight excluding hydrogens is 600 g/mol. The van der Waals surface area contributed by atoms with Crippen LogP contribution in [0.5, 0.6) is 23.0 Å². The van der Waals surface area contributed by atoms with E-state index >= 15 is 0 Å². The molecule has 46 heavy (non-hydrogen) atoms. The van der Waals surface area contributed by atoms with Crippen molar-refractivity contribution in [3.05, 3.63) is 95.1 Å². The van der Waals surface area contributed by atoms with E-state index in [1.165, 1.54) is 48.6 Å². The zero-order valence-electron chi connectivity index (χ0n) is 24.7. The molecular formula is C34H34O12.